The number of benzene rings is 1. The summed E-state index contributed by atoms with van der Waals surface area (Å²) in [5.74, 6) is 0.00525. The predicted molar refractivity (Wildman–Crippen MR) is 77.8 cm³/mol. The van der Waals surface area contributed by atoms with Crippen molar-refractivity contribution in [3.8, 4) is 11.3 Å². The molecule has 0 spiro atoms. The number of hydrogen-bond donors (Lipinski definition) is 1. The molecule has 0 saturated carbocycles. The Kier molecular flexibility index (Phi) is 3.65. The average Bonchev–Trinajstić information content (AvgIpc) is 2.39. The van der Waals surface area contributed by atoms with Crippen molar-refractivity contribution in [1.82, 2.24) is 4.98 Å². The van der Waals surface area contributed by atoms with E-state index in [9.17, 15) is 4.79 Å². The third-order valence-electron chi connectivity index (χ3n) is 2.76. The van der Waals surface area contributed by atoms with Gasteiger partial charge in [-0.15, -0.1) is 0 Å². The van der Waals surface area contributed by atoms with E-state index in [-0.39, 0.29) is 5.91 Å². The Balaban J connectivity index is 2.24. The van der Waals surface area contributed by atoms with Gasteiger partial charge in [-0.05, 0) is 24.3 Å². The Morgan fingerprint density at radius 2 is 1.89 bits per heavy atom. The van der Waals surface area contributed by atoms with E-state index >= 15 is 0 Å². The quantitative estimate of drug-likeness (QED) is 0.887. The maximum absolute atomic E-state index is 12.0. The summed E-state index contributed by atoms with van der Waals surface area (Å²) in [6, 6.07) is 13.5. The highest BCUT2D eigenvalue weighted by molar-refractivity contribution is 5.95. The number of nitrogens with zero attached hydrogens (tertiary/aromatic N) is 1. The maximum Gasteiger partial charge on any atom is 0.229 e. The van der Waals surface area contributed by atoms with Gasteiger partial charge in [0.05, 0.1) is 5.69 Å². The first-order chi connectivity index (χ1) is 8.97. The molecule has 1 N–H and O–H groups in total. The second-order valence-corrected chi connectivity index (χ2v) is 5.50. The van der Waals surface area contributed by atoms with Crippen molar-refractivity contribution in [3.63, 3.8) is 0 Å². The van der Waals surface area contributed by atoms with E-state index in [4.69, 9.17) is 0 Å². The lowest BCUT2D eigenvalue weighted by Crippen LogP contribution is -2.27. The minimum atomic E-state index is -0.402. The van der Waals surface area contributed by atoms with Crippen molar-refractivity contribution in [2.45, 2.75) is 20.8 Å². The van der Waals surface area contributed by atoms with Gasteiger partial charge in [-0.25, -0.2) is 0 Å². The third kappa shape index (κ3) is 3.41. The monoisotopic (exact) mass is 254 g/mol. The van der Waals surface area contributed by atoms with Gasteiger partial charge in [0.2, 0.25) is 5.91 Å². The van der Waals surface area contributed by atoms with Gasteiger partial charge in [0.1, 0.15) is 0 Å². The van der Waals surface area contributed by atoms with E-state index in [0.717, 1.165) is 16.9 Å². The van der Waals surface area contributed by atoms with Gasteiger partial charge in [0.15, 0.2) is 0 Å². The largest absolute Gasteiger partial charge is 0.326 e. The molecule has 98 valence electrons. The van der Waals surface area contributed by atoms with E-state index < -0.39 is 5.41 Å². The fourth-order valence-electron chi connectivity index (χ4n) is 1.61. The molecule has 3 nitrogen and oxygen atoms in total. The summed E-state index contributed by atoms with van der Waals surface area (Å²) in [5, 5.41) is 2.93. The van der Waals surface area contributed by atoms with Gasteiger partial charge in [-0.2, -0.15) is 0 Å². The zero-order valence-electron chi connectivity index (χ0n) is 11.5. The molecule has 0 saturated heterocycles. The molecule has 0 fully saturated rings. The summed E-state index contributed by atoms with van der Waals surface area (Å²) in [5.41, 5.74) is 2.28. The molecule has 19 heavy (non-hydrogen) atoms. The summed E-state index contributed by atoms with van der Waals surface area (Å²) in [7, 11) is 0. The lowest BCUT2D eigenvalue weighted by molar-refractivity contribution is -0.123. The Hall–Kier alpha value is -2.16. The van der Waals surface area contributed by atoms with Crippen LogP contribution >= 0.6 is 0 Å². The highest BCUT2D eigenvalue weighted by atomic mass is 16.2. The molecule has 0 unspecified atom stereocenters. The van der Waals surface area contributed by atoms with E-state index in [0.29, 0.717) is 0 Å². The van der Waals surface area contributed by atoms with Crippen LogP contribution in [0.5, 0.6) is 0 Å². The van der Waals surface area contributed by atoms with Crippen LogP contribution in [-0.2, 0) is 4.79 Å². The number of carbonyl (C=O) groups is 1. The Morgan fingerprint density at radius 3 is 2.53 bits per heavy atom. The van der Waals surface area contributed by atoms with Crippen molar-refractivity contribution in [1.29, 1.82) is 0 Å². The zero-order valence-corrected chi connectivity index (χ0v) is 11.5. The summed E-state index contributed by atoms with van der Waals surface area (Å²) in [6.07, 6.45) is 1.76. The number of rotatable bonds is 2. The zero-order chi connectivity index (χ0) is 13.9. The third-order valence-corrected chi connectivity index (χ3v) is 2.76. The molecule has 3 heteroatoms. The molecule has 2 aromatic rings. The molecule has 1 aromatic carbocycles. The SMILES string of the molecule is CC(C)(C)C(=O)Nc1cccc(-c2ccccn2)c1. The number of carbonyl (C=O) groups excluding carboxylic acids is 1. The van der Waals surface area contributed by atoms with Gasteiger partial charge in [-0.3, -0.25) is 9.78 Å². The average molecular weight is 254 g/mol. The smallest absolute Gasteiger partial charge is 0.229 e. The van der Waals surface area contributed by atoms with Crippen LogP contribution in [0.1, 0.15) is 20.8 Å². The van der Waals surface area contributed by atoms with Gasteiger partial charge in [0, 0.05) is 22.9 Å². The van der Waals surface area contributed by atoms with Crippen LogP contribution in [-0.4, -0.2) is 10.9 Å². The fraction of sp³-hybridized carbons (Fsp3) is 0.250. The van der Waals surface area contributed by atoms with E-state index in [1.807, 2.05) is 63.2 Å². The van der Waals surface area contributed by atoms with Crippen LogP contribution in [0.4, 0.5) is 5.69 Å². The van der Waals surface area contributed by atoms with Crippen molar-refractivity contribution in [2.24, 2.45) is 5.41 Å². The second kappa shape index (κ2) is 5.22. The van der Waals surface area contributed by atoms with E-state index in [1.165, 1.54) is 0 Å². The van der Waals surface area contributed by atoms with Crippen LogP contribution in [0, 0.1) is 5.41 Å². The first-order valence-corrected chi connectivity index (χ1v) is 6.30. The van der Waals surface area contributed by atoms with Crippen LogP contribution < -0.4 is 5.32 Å². The fourth-order valence-corrected chi connectivity index (χ4v) is 1.61. The molecule has 0 bridgehead atoms. The molecular formula is C16H18N2O. The summed E-state index contributed by atoms with van der Waals surface area (Å²) in [6.45, 7) is 5.68. The number of nitrogens with one attached hydrogen (secondary N) is 1. The Morgan fingerprint density at radius 1 is 1.11 bits per heavy atom. The highest BCUT2D eigenvalue weighted by Crippen LogP contribution is 2.22. The van der Waals surface area contributed by atoms with Crippen LogP contribution in [0.2, 0.25) is 0 Å². The minimum Gasteiger partial charge on any atom is -0.326 e. The second-order valence-electron chi connectivity index (χ2n) is 5.50. The molecule has 0 aliphatic rings. The van der Waals surface area contributed by atoms with Gasteiger partial charge >= 0.3 is 0 Å². The molecule has 0 atom stereocenters. The van der Waals surface area contributed by atoms with Crippen LogP contribution in [0.25, 0.3) is 11.3 Å². The van der Waals surface area contributed by atoms with Crippen molar-refractivity contribution < 1.29 is 4.79 Å². The maximum atomic E-state index is 12.0. The highest BCUT2D eigenvalue weighted by Gasteiger charge is 2.21. The standard InChI is InChI=1S/C16H18N2O/c1-16(2,3)15(19)18-13-8-6-7-12(11-13)14-9-4-5-10-17-14/h4-11H,1-3H3,(H,18,19). The summed E-state index contributed by atoms with van der Waals surface area (Å²) >= 11 is 0. The Bertz CT molecular complexity index is 571. The van der Waals surface area contributed by atoms with Crippen molar-refractivity contribution in [3.05, 3.63) is 48.7 Å². The number of aromatic nitrogens is 1. The lowest BCUT2D eigenvalue weighted by Gasteiger charge is -2.18. The number of anilines is 1. The summed E-state index contributed by atoms with van der Waals surface area (Å²) < 4.78 is 0. The van der Waals surface area contributed by atoms with Gasteiger partial charge in [0.25, 0.3) is 0 Å². The minimum absolute atomic E-state index is 0.00525. The summed E-state index contributed by atoms with van der Waals surface area (Å²) in [4.78, 5) is 16.3. The number of pyridine rings is 1. The van der Waals surface area contributed by atoms with Crippen LogP contribution in [0.3, 0.4) is 0 Å². The first kappa shape index (κ1) is 13.3. The van der Waals surface area contributed by atoms with Gasteiger partial charge in [-0.1, -0.05) is 39.0 Å². The molecule has 2 rings (SSSR count). The molecule has 0 aliphatic carbocycles. The predicted octanol–water partition coefficient (Wildman–Crippen LogP) is 3.73. The molecule has 0 aliphatic heterocycles. The van der Waals surface area contributed by atoms with E-state index in [1.54, 1.807) is 6.20 Å². The number of hydrogen-bond acceptors (Lipinski definition) is 2. The topological polar surface area (TPSA) is 42.0 Å². The Labute approximate surface area is 113 Å². The molecule has 1 heterocycles. The molecule has 0 radical (unpaired) electrons. The number of amides is 1. The van der Waals surface area contributed by atoms with Crippen molar-refractivity contribution in [2.75, 3.05) is 5.32 Å². The molecular weight excluding hydrogens is 236 g/mol. The first-order valence-electron chi connectivity index (χ1n) is 6.30. The lowest BCUT2D eigenvalue weighted by atomic mass is 9.95. The molecule has 1 aromatic heterocycles. The van der Waals surface area contributed by atoms with Crippen molar-refractivity contribution >= 4 is 11.6 Å². The van der Waals surface area contributed by atoms with E-state index in [2.05, 4.69) is 10.3 Å². The molecule has 1 amide bonds. The van der Waals surface area contributed by atoms with Gasteiger partial charge < -0.3 is 5.32 Å². The normalized spacial score (nSPS) is 11.1. The van der Waals surface area contributed by atoms with Crippen LogP contribution in [0.15, 0.2) is 48.7 Å².